The maximum absolute atomic E-state index is 4.76. The zero-order chi connectivity index (χ0) is 14.9. The lowest BCUT2D eigenvalue weighted by Gasteiger charge is -2.31. The number of piperidine rings is 1. The fraction of sp³-hybridized carbons (Fsp3) is 0.353. The molecule has 1 aliphatic heterocycles. The van der Waals surface area contributed by atoms with Gasteiger partial charge in [-0.15, -0.1) is 11.3 Å². The minimum absolute atomic E-state index is 0.531. The molecule has 3 aromatic heterocycles. The van der Waals surface area contributed by atoms with E-state index in [1.807, 2.05) is 18.5 Å². The highest BCUT2D eigenvalue weighted by molar-refractivity contribution is 7.15. The molecule has 4 rings (SSSR count). The van der Waals surface area contributed by atoms with E-state index in [1.165, 1.54) is 10.6 Å². The fourth-order valence-corrected chi connectivity index (χ4v) is 3.86. The molecule has 0 atom stereocenters. The predicted octanol–water partition coefficient (Wildman–Crippen LogP) is 3.78. The SMILES string of the molecule is Cc1cnc(N2CCC(c3ccc4cccnc4n3)CC2)s1. The molecule has 1 saturated heterocycles. The first-order chi connectivity index (χ1) is 10.8. The van der Waals surface area contributed by atoms with Gasteiger partial charge in [-0.2, -0.15) is 0 Å². The molecule has 0 bridgehead atoms. The quantitative estimate of drug-likeness (QED) is 0.722. The second kappa shape index (κ2) is 5.65. The summed E-state index contributed by atoms with van der Waals surface area (Å²) >= 11 is 1.78. The van der Waals surface area contributed by atoms with Crippen LogP contribution in [0.1, 0.15) is 29.3 Å². The Balaban J connectivity index is 1.50. The van der Waals surface area contributed by atoms with Gasteiger partial charge in [-0.1, -0.05) is 0 Å². The van der Waals surface area contributed by atoms with E-state index in [-0.39, 0.29) is 0 Å². The molecule has 1 aliphatic rings. The zero-order valence-electron chi connectivity index (χ0n) is 12.6. The van der Waals surface area contributed by atoms with E-state index in [1.54, 1.807) is 11.3 Å². The molecule has 3 aromatic rings. The molecule has 0 aromatic carbocycles. The molecular formula is C17H18N4S. The maximum atomic E-state index is 4.76. The van der Waals surface area contributed by atoms with Crippen molar-refractivity contribution in [3.63, 3.8) is 0 Å². The van der Waals surface area contributed by atoms with Gasteiger partial charge in [-0.3, -0.25) is 0 Å². The van der Waals surface area contributed by atoms with Gasteiger partial charge >= 0.3 is 0 Å². The molecule has 0 spiro atoms. The average Bonchev–Trinajstić information content (AvgIpc) is 3.01. The van der Waals surface area contributed by atoms with Crippen molar-refractivity contribution in [2.24, 2.45) is 0 Å². The molecule has 4 heterocycles. The lowest BCUT2D eigenvalue weighted by atomic mass is 9.93. The summed E-state index contributed by atoms with van der Waals surface area (Å²) in [4.78, 5) is 17.3. The fourth-order valence-electron chi connectivity index (χ4n) is 3.05. The van der Waals surface area contributed by atoms with Crippen LogP contribution in [0.5, 0.6) is 0 Å². The van der Waals surface area contributed by atoms with Crippen molar-refractivity contribution in [3.05, 3.63) is 47.2 Å². The van der Waals surface area contributed by atoms with Crippen LogP contribution in [0.15, 0.2) is 36.7 Å². The summed E-state index contributed by atoms with van der Waals surface area (Å²) in [6, 6.07) is 8.32. The van der Waals surface area contributed by atoms with Crippen LogP contribution in [-0.2, 0) is 0 Å². The first-order valence-electron chi connectivity index (χ1n) is 7.69. The van der Waals surface area contributed by atoms with Gasteiger partial charge in [-0.25, -0.2) is 15.0 Å². The van der Waals surface area contributed by atoms with Crippen LogP contribution in [0.25, 0.3) is 11.0 Å². The van der Waals surface area contributed by atoms with Crippen molar-refractivity contribution in [1.82, 2.24) is 15.0 Å². The van der Waals surface area contributed by atoms with Crippen molar-refractivity contribution in [1.29, 1.82) is 0 Å². The lowest BCUT2D eigenvalue weighted by Crippen LogP contribution is -2.33. The smallest absolute Gasteiger partial charge is 0.185 e. The van der Waals surface area contributed by atoms with E-state index in [9.17, 15) is 0 Å². The number of aryl methyl sites for hydroxylation is 1. The third-order valence-corrected chi connectivity index (χ3v) is 5.25. The second-order valence-corrected chi connectivity index (χ2v) is 7.01. The van der Waals surface area contributed by atoms with Gasteiger partial charge < -0.3 is 4.90 Å². The molecule has 0 amide bonds. The van der Waals surface area contributed by atoms with E-state index < -0.39 is 0 Å². The number of thiazole rings is 1. The summed E-state index contributed by atoms with van der Waals surface area (Å²) in [5.41, 5.74) is 2.04. The van der Waals surface area contributed by atoms with Gasteiger partial charge in [-0.05, 0) is 44.0 Å². The third-order valence-electron chi connectivity index (χ3n) is 4.28. The Labute approximate surface area is 133 Å². The Morgan fingerprint density at radius 3 is 2.77 bits per heavy atom. The van der Waals surface area contributed by atoms with E-state index in [2.05, 4.69) is 40.0 Å². The van der Waals surface area contributed by atoms with Crippen LogP contribution < -0.4 is 4.90 Å². The van der Waals surface area contributed by atoms with E-state index in [0.717, 1.165) is 42.1 Å². The van der Waals surface area contributed by atoms with Crippen LogP contribution >= 0.6 is 11.3 Å². The summed E-state index contributed by atoms with van der Waals surface area (Å²) in [6.07, 6.45) is 6.03. The Kier molecular flexibility index (Phi) is 3.50. The maximum Gasteiger partial charge on any atom is 0.185 e. The largest absolute Gasteiger partial charge is 0.348 e. The number of anilines is 1. The number of aromatic nitrogens is 3. The van der Waals surface area contributed by atoms with Crippen LogP contribution in [0.4, 0.5) is 5.13 Å². The van der Waals surface area contributed by atoms with Crippen molar-refractivity contribution in [2.75, 3.05) is 18.0 Å². The van der Waals surface area contributed by atoms with E-state index >= 15 is 0 Å². The number of pyridine rings is 2. The Morgan fingerprint density at radius 2 is 2.00 bits per heavy atom. The van der Waals surface area contributed by atoms with Gasteiger partial charge in [0.05, 0.1) is 0 Å². The summed E-state index contributed by atoms with van der Waals surface area (Å²) in [7, 11) is 0. The molecule has 0 saturated carbocycles. The monoisotopic (exact) mass is 310 g/mol. The van der Waals surface area contributed by atoms with E-state index in [0.29, 0.717) is 5.92 Å². The third kappa shape index (κ3) is 2.57. The summed E-state index contributed by atoms with van der Waals surface area (Å²) in [5.74, 6) is 0.531. The van der Waals surface area contributed by atoms with Crippen LogP contribution in [-0.4, -0.2) is 28.0 Å². The van der Waals surface area contributed by atoms with Gasteiger partial charge in [0, 0.05) is 47.4 Å². The Hall–Kier alpha value is -2.01. The van der Waals surface area contributed by atoms with Crippen molar-refractivity contribution < 1.29 is 0 Å². The summed E-state index contributed by atoms with van der Waals surface area (Å²) in [5, 5.41) is 2.27. The molecule has 0 radical (unpaired) electrons. The molecule has 22 heavy (non-hydrogen) atoms. The summed E-state index contributed by atoms with van der Waals surface area (Å²) in [6.45, 7) is 4.22. The highest BCUT2D eigenvalue weighted by Gasteiger charge is 2.23. The number of nitrogens with zero attached hydrogens (tertiary/aromatic N) is 4. The highest BCUT2D eigenvalue weighted by atomic mass is 32.1. The lowest BCUT2D eigenvalue weighted by molar-refractivity contribution is 0.497. The zero-order valence-corrected chi connectivity index (χ0v) is 13.4. The molecular weight excluding hydrogens is 292 g/mol. The normalized spacial score (nSPS) is 16.3. The second-order valence-electron chi connectivity index (χ2n) is 5.80. The Morgan fingerprint density at radius 1 is 1.14 bits per heavy atom. The molecule has 112 valence electrons. The van der Waals surface area contributed by atoms with Crippen LogP contribution in [0.2, 0.25) is 0 Å². The number of rotatable bonds is 2. The van der Waals surface area contributed by atoms with Gasteiger partial charge in [0.1, 0.15) is 0 Å². The topological polar surface area (TPSA) is 41.9 Å². The van der Waals surface area contributed by atoms with Gasteiger partial charge in [0.15, 0.2) is 10.8 Å². The van der Waals surface area contributed by atoms with Crippen LogP contribution in [0, 0.1) is 6.92 Å². The van der Waals surface area contributed by atoms with Crippen molar-refractivity contribution >= 4 is 27.5 Å². The molecule has 0 N–H and O–H groups in total. The van der Waals surface area contributed by atoms with Crippen molar-refractivity contribution in [2.45, 2.75) is 25.7 Å². The van der Waals surface area contributed by atoms with E-state index in [4.69, 9.17) is 4.98 Å². The molecule has 4 nitrogen and oxygen atoms in total. The van der Waals surface area contributed by atoms with Crippen molar-refractivity contribution in [3.8, 4) is 0 Å². The molecule has 0 aliphatic carbocycles. The number of fused-ring (bicyclic) bond motifs is 1. The number of hydrogen-bond acceptors (Lipinski definition) is 5. The molecule has 1 fully saturated rings. The summed E-state index contributed by atoms with van der Waals surface area (Å²) < 4.78 is 0. The van der Waals surface area contributed by atoms with Gasteiger partial charge in [0.25, 0.3) is 0 Å². The van der Waals surface area contributed by atoms with Gasteiger partial charge in [0.2, 0.25) is 0 Å². The number of hydrogen-bond donors (Lipinski definition) is 0. The average molecular weight is 310 g/mol. The Bertz CT molecular complexity index is 790. The standard InChI is InChI=1S/C17H18N4S/c1-12-11-19-17(22-12)21-9-6-13(7-10-21)15-5-4-14-3-2-8-18-16(14)20-15/h2-5,8,11,13H,6-7,9-10H2,1H3. The predicted molar refractivity (Wildman–Crippen MR) is 90.6 cm³/mol. The minimum Gasteiger partial charge on any atom is -0.348 e. The molecule has 0 unspecified atom stereocenters. The first kappa shape index (κ1) is 13.6. The van der Waals surface area contributed by atoms with Crippen LogP contribution in [0.3, 0.4) is 0 Å². The first-order valence-corrected chi connectivity index (χ1v) is 8.50. The highest BCUT2D eigenvalue weighted by Crippen LogP contribution is 2.31. The minimum atomic E-state index is 0.531. The molecule has 5 heteroatoms.